The van der Waals surface area contributed by atoms with Crippen molar-refractivity contribution in [2.75, 3.05) is 6.54 Å². The first-order chi connectivity index (χ1) is 26.8. The lowest BCUT2D eigenvalue weighted by molar-refractivity contribution is -0.141. The number of nitrogens with zero attached hydrogens (tertiary/aromatic N) is 3. The fourth-order valence-electron chi connectivity index (χ4n) is 7.68. The molecule has 8 rings (SSSR count). The number of hydrogen-bond donors (Lipinski definition) is 3. The van der Waals surface area contributed by atoms with E-state index in [0.717, 1.165) is 6.42 Å². The number of sulfonamides is 1. The topological polar surface area (TPSA) is 190 Å². The molecule has 0 radical (unpaired) electrons. The standard InChI is InChI=1S/C39H40F2N6O8S/c1-38(14-15-38)56(52,53)46-37(51)39-20-22(39)7-5-3-2-4-6-8-30(42-33(48)29-13-16-54-45-29)36(50)47-21-25(19-32(47)34(49)44-39)55-35-27-12-10-23(40)17-28(27)26-11-9-24(41)18-31(26)43-35/h5,7,9-13,16-18,22,25,30,32H,2-4,6,8,14-15,19-21H2,1H3,(H,42,48)(H,44,49)(H,46,51)/b7-5-/t22-,25-,30+,32+,39-/m1/s1. The highest BCUT2D eigenvalue weighted by atomic mass is 32.2. The van der Waals surface area contributed by atoms with Crippen LogP contribution >= 0.6 is 0 Å². The monoisotopic (exact) mass is 790 g/mol. The van der Waals surface area contributed by atoms with Crippen LogP contribution in [0.5, 0.6) is 5.88 Å². The van der Waals surface area contributed by atoms with Crippen molar-refractivity contribution >= 4 is 55.3 Å². The average molecular weight is 791 g/mol. The third-order valence-corrected chi connectivity index (χ3v) is 13.6. The van der Waals surface area contributed by atoms with Gasteiger partial charge in [0, 0.05) is 35.2 Å². The van der Waals surface area contributed by atoms with Crippen LogP contribution in [0.1, 0.15) is 75.2 Å². The molecule has 2 saturated carbocycles. The number of carbonyl (C=O) groups excluding carboxylic acids is 4. The number of benzene rings is 2. The smallest absolute Gasteiger partial charge is 0.274 e. The van der Waals surface area contributed by atoms with E-state index in [1.807, 2.05) is 12.2 Å². The number of pyridine rings is 1. The van der Waals surface area contributed by atoms with Gasteiger partial charge in [0.2, 0.25) is 27.7 Å². The Morgan fingerprint density at radius 3 is 2.54 bits per heavy atom. The van der Waals surface area contributed by atoms with Gasteiger partial charge in [-0.05, 0) is 81.2 Å². The summed E-state index contributed by atoms with van der Waals surface area (Å²) in [4.78, 5) is 61.9. The summed E-state index contributed by atoms with van der Waals surface area (Å²) in [6.07, 6.45) is 7.79. The molecule has 2 aliphatic heterocycles. The third kappa shape index (κ3) is 7.08. The first-order valence-corrected chi connectivity index (χ1v) is 20.2. The second-order valence-electron chi connectivity index (χ2n) is 15.4. The number of amides is 4. The number of fused-ring (bicyclic) bond motifs is 5. The average Bonchev–Trinajstić information content (AvgIpc) is 3.90. The Morgan fingerprint density at radius 1 is 1.02 bits per heavy atom. The number of allylic oxidation sites excluding steroid dienone is 1. The Kier molecular flexibility index (Phi) is 9.53. The second-order valence-corrected chi connectivity index (χ2v) is 17.6. The highest BCUT2D eigenvalue weighted by Gasteiger charge is 2.63. The molecule has 56 heavy (non-hydrogen) atoms. The minimum absolute atomic E-state index is 0.0246. The van der Waals surface area contributed by atoms with Gasteiger partial charge in [-0.3, -0.25) is 23.9 Å². The van der Waals surface area contributed by atoms with E-state index in [2.05, 4.69) is 25.5 Å². The Hall–Kier alpha value is -5.45. The van der Waals surface area contributed by atoms with E-state index in [-0.39, 0.29) is 42.9 Å². The van der Waals surface area contributed by atoms with Gasteiger partial charge >= 0.3 is 0 Å². The van der Waals surface area contributed by atoms with Crippen molar-refractivity contribution in [2.45, 2.75) is 93.2 Å². The van der Waals surface area contributed by atoms with E-state index in [4.69, 9.17) is 9.26 Å². The Balaban J connectivity index is 1.14. The molecule has 17 heteroatoms. The molecule has 3 N–H and O–H groups in total. The van der Waals surface area contributed by atoms with Crippen LogP contribution in [0, 0.1) is 17.6 Å². The molecule has 0 spiro atoms. The molecule has 14 nitrogen and oxygen atoms in total. The number of aromatic nitrogens is 2. The number of carbonyl (C=O) groups is 4. The Morgan fingerprint density at radius 2 is 1.79 bits per heavy atom. The van der Waals surface area contributed by atoms with Crippen molar-refractivity contribution in [1.29, 1.82) is 0 Å². The molecular formula is C39H40F2N6O8S. The van der Waals surface area contributed by atoms with E-state index in [1.54, 1.807) is 6.92 Å². The first kappa shape index (κ1) is 37.5. The predicted octanol–water partition coefficient (Wildman–Crippen LogP) is 4.19. The van der Waals surface area contributed by atoms with Gasteiger partial charge in [0.15, 0.2) is 5.69 Å². The molecule has 4 aromatic rings. The number of halogens is 2. The Labute approximate surface area is 320 Å². The minimum atomic E-state index is -4.04. The number of ether oxygens (including phenoxy) is 1. The molecule has 294 valence electrons. The van der Waals surface area contributed by atoms with Gasteiger partial charge in [0.25, 0.3) is 11.8 Å². The lowest BCUT2D eigenvalue weighted by atomic mass is 10.0. The van der Waals surface area contributed by atoms with Gasteiger partial charge in [0.05, 0.1) is 16.8 Å². The summed E-state index contributed by atoms with van der Waals surface area (Å²) >= 11 is 0. The fraction of sp³-hybridized carbons (Fsp3) is 0.436. The molecule has 3 fully saturated rings. The molecule has 2 aromatic carbocycles. The number of nitrogens with one attached hydrogen (secondary N) is 3. The normalized spacial score (nSPS) is 26.9. The van der Waals surface area contributed by atoms with E-state index in [9.17, 15) is 36.4 Å². The van der Waals surface area contributed by atoms with Crippen molar-refractivity contribution < 1.29 is 45.6 Å². The fourth-order valence-corrected chi connectivity index (χ4v) is 8.99. The van der Waals surface area contributed by atoms with Gasteiger partial charge in [0.1, 0.15) is 41.6 Å². The molecule has 2 aromatic heterocycles. The summed E-state index contributed by atoms with van der Waals surface area (Å²) in [5.74, 6) is -4.39. The van der Waals surface area contributed by atoms with Crippen molar-refractivity contribution in [3.8, 4) is 5.88 Å². The van der Waals surface area contributed by atoms with E-state index in [0.29, 0.717) is 48.3 Å². The number of hydrogen-bond acceptors (Lipinski definition) is 10. The van der Waals surface area contributed by atoms with Gasteiger partial charge in [-0.15, -0.1) is 0 Å². The van der Waals surface area contributed by atoms with Gasteiger partial charge < -0.3 is 24.8 Å². The lowest BCUT2D eigenvalue weighted by Crippen LogP contribution is -2.58. The van der Waals surface area contributed by atoms with Crippen molar-refractivity contribution in [1.82, 2.24) is 30.4 Å². The molecule has 5 atom stereocenters. The Bertz CT molecular complexity index is 2390. The van der Waals surface area contributed by atoms with Gasteiger partial charge in [-0.2, -0.15) is 0 Å². The second kappa shape index (κ2) is 14.2. The van der Waals surface area contributed by atoms with Crippen LogP contribution in [0.3, 0.4) is 0 Å². The molecule has 4 heterocycles. The van der Waals surface area contributed by atoms with Crippen LogP contribution in [-0.2, 0) is 24.4 Å². The van der Waals surface area contributed by atoms with Crippen LogP contribution in [-0.4, -0.2) is 82.1 Å². The maximum absolute atomic E-state index is 14.5. The van der Waals surface area contributed by atoms with Crippen molar-refractivity contribution in [3.63, 3.8) is 0 Å². The van der Waals surface area contributed by atoms with Gasteiger partial charge in [-0.25, -0.2) is 22.2 Å². The molecule has 4 amide bonds. The van der Waals surface area contributed by atoms with Crippen molar-refractivity contribution in [2.24, 2.45) is 5.92 Å². The summed E-state index contributed by atoms with van der Waals surface area (Å²) in [7, 11) is -4.04. The highest BCUT2D eigenvalue weighted by molar-refractivity contribution is 7.91. The summed E-state index contributed by atoms with van der Waals surface area (Å²) in [5, 5.41) is 10.6. The van der Waals surface area contributed by atoms with Gasteiger partial charge in [-0.1, -0.05) is 30.2 Å². The molecule has 2 aliphatic carbocycles. The molecule has 0 unspecified atom stereocenters. The summed E-state index contributed by atoms with van der Waals surface area (Å²) in [5.41, 5.74) is -1.43. The first-order valence-electron chi connectivity index (χ1n) is 18.7. The summed E-state index contributed by atoms with van der Waals surface area (Å²) in [6.45, 7) is 1.40. The van der Waals surface area contributed by atoms with Crippen molar-refractivity contribution in [3.05, 3.63) is 78.2 Å². The predicted molar refractivity (Wildman–Crippen MR) is 197 cm³/mol. The van der Waals surface area contributed by atoms with E-state index in [1.165, 1.54) is 53.6 Å². The minimum Gasteiger partial charge on any atom is -0.472 e. The molecule has 1 saturated heterocycles. The van der Waals surface area contributed by atoms with Crippen LogP contribution < -0.4 is 20.1 Å². The number of rotatable bonds is 7. The quantitative estimate of drug-likeness (QED) is 0.181. The third-order valence-electron chi connectivity index (χ3n) is 11.4. The zero-order chi connectivity index (χ0) is 39.4. The SMILES string of the molecule is CC1(S(=O)(=O)NC(=O)[C@@]23C[C@H]2/C=C\CCCCC[C@H](NC(=O)c2ccon2)C(=O)N2C[C@H](Oc4nc5cc(F)ccc5c5cc(F)ccc45)C[C@H]2C(=O)N3)CC1. The zero-order valence-corrected chi connectivity index (χ0v) is 31.2. The maximum Gasteiger partial charge on any atom is 0.274 e. The van der Waals surface area contributed by atoms with Crippen LogP contribution in [0.25, 0.3) is 21.7 Å². The molecule has 0 bridgehead atoms. The lowest BCUT2D eigenvalue weighted by Gasteiger charge is -2.30. The molecule has 4 aliphatic rings. The molecular weight excluding hydrogens is 751 g/mol. The largest absolute Gasteiger partial charge is 0.472 e. The van der Waals surface area contributed by atoms with E-state index >= 15 is 0 Å². The van der Waals surface area contributed by atoms with Crippen LogP contribution in [0.2, 0.25) is 0 Å². The maximum atomic E-state index is 14.5. The van der Waals surface area contributed by atoms with E-state index < -0.39 is 79.7 Å². The highest BCUT2D eigenvalue weighted by Crippen LogP contribution is 2.47. The van der Waals surface area contributed by atoms with Crippen LogP contribution in [0.4, 0.5) is 8.78 Å². The summed E-state index contributed by atoms with van der Waals surface area (Å²) in [6, 6.07) is 6.97. The zero-order valence-electron chi connectivity index (χ0n) is 30.4. The van der Waals surface area contributed by atoms with Crippen LogP contribution in [0.15, 0.2) is 65.4 Å². The summed E-state index contributed by atoms with van der Waals surface area (Å²) < 4.78 is 67.5.